The Kier molecular flexibility index (Phi) is 6.50. The van der Waals surface area contributed by atoms with E-state index in [2.05, 4.69) is 41.6 Å². The average molecular weight is 402 g/mol. The van der Waals surface area contributed by atoms with Gasteiger partial charge >= 0.3 is 152 Å². The van der Waals surface area contributed by atoms with E-state index in [0.29, 0.717) is 27.8 Å². The molecule has 0 aromatic carbocycles. The summed E-state index contributed by atoms with van der Waals surface area (Å²) in [4.78, 5) is 31.5. The summed E-state index contributed by atoms with van der Waals surface area (Å²) in [7, 11) is 0. The molecular formula is C16H15N6O2Se. The Hall–Kier alpha value is -2.90. The van der Waals surface area contributed by atoms with Gasteiger partial charge in [-0.05, 0) is 0 Å². The van der Waals surface area contributed by atoms with Gasteiger partial charge in [0.1, 0.15) is 0 Å². The Morgan fingerprint density at radius 3 is 2.04 bits per heavy atom. The van der Waals surface area contributed by atoms with E-state index >= 15 is 0 Å². The van der Waals surface area contributed by atoms with E-state index in [4.69, 9.17) is 0 Å². The number of nitrogens with one attached hydrogen (secondary N) is 1. The van der Waals surface area contributed by atoms with Crippen LogP contribution < -0.4 is 5.43 Å². The summed E-state index contributed by atoms with van der Waals surface area (Å²) in [6.45, 7) is 3.34. The number of amides is 3. The number of hydrogen-bond acceptors (Lipinski definition) is 6. The molecule has 127 valence electrons. The molecule has 2 aromatic rings. The molecule has 25 heavy (non-hydrogen) atoms. The molecule has 0 saturated heterocycles. The van der Waals surface area contributed by atoms with Crippen LogP contribution in [-0.2, 0) is 0 Å². The number of urea groups is 1. The van der Waals surface area contributed by atoms with Crippen molar-refractivity contribution in [3.63, 3.8) is 0 Å². The Balaban J connectivity index is 2.15. The van der Waals surface area contributed by atoms with Gasteiger partial charge in [0.05, 0.1) is 0 Å². The van der Waals surface area contributed by atoms with Crippen molar-refractivity contribution in [1.29, 1.82) is 0 Å². The molecule has 0 saturated carbocycles. The zero-order chi connectivity index (χ0) is 18.2. The third kappa shape index (κ3) is 5.30. The van der Waals surface area contributed by atoms with E-state index in [9.17, 15) is 9.59 Å². The average Bonchev–Trinajstić information content (AvgIpc) is 2.64. The summed E-state index contributed by atoms with van der Waals surface area (Å²) in [5.41, 5.74) is 4.34. The van der Waals surface area contributed by atoms with Crippen molar-refractivity contribution in [3.8, 4) is 0 Å². The third-order valence-corrected chi connectivity index (χ3v) is 3.37. The van der Waals surface area contributed by atoms with Crippen LogP contribution in [0.1, 0.15) is 25.2 Å². The molecule has 0 aliphatic heterocycles. The first-order valence-electron chi connectivity index (χ1n) is 7.22. The number of carbonyl (C=O) groups excluding carboxylic acids is 2. The van der Waals surface area contributed by atoms with Gasteiger partial charge in [-0.25, -0.2) is 0 Å². The monoisotopic (exact) mass is 403 g/mol. The predicted octanol–water partition coefficient (Wildman–Crippen LogP) is 1.92. The van der Waals surface area contributed by atoms with Crippen LogP contribution in [0, 0.1) is 0 Å². The van der Waals surface area contributed by atoms with Crippen molar-refractivity contribution in [2.45, 2.75) is 13.8 Å². The van der Waals surface area contributed by atoms with Gasteiger partial charge in [0, 0.05) is 0 Å². The maximum atomic E-state index is 12.2. The summed E-state index contributed by atoms with van der Waals surface area (Å²) < 4.78 is 0. The molecule has 1 N–H and O–H groups in total. The SMILES string of the molecule is CC(=NNC(=O)N(N=C(C)c1ccccn1)C(=O)[Se])c1ccccn1. The van der Waals surface area contributed by atoms with E-state index in [-0.39, 0.29) is 0 Å². The second-order valence-electron chi connectivity index (χ2n) is 4.81. The van der Waals surface area contributed by atoms with E-state index < -0.39 is 10.8 Å². The molecule has 0 aliphatic carbocycles. The van der Waals surface area contributed by atoms with Gasteiger partial charge in [0.25, 0.3) is 0 Å². The number of rotatable bonds is 4. The molecule has 0 bridgehead atoms. The molecular weight excluding hydrogens is 387 g/mol. The van der Waals surface area contributed by atoms with Gasteiger partial charge in [-0.1, -0.05) is 0 Å². The van der Waals surface area contributed by atoms with Gasteiger partial charge < -0.3 is 0 Å². The van der Waals surface area contributed by atoms with Gasteiger partial charge in [0.2, 0.25) is 0 Å². The van der Waals surface area contributed by atoms with Crippen molar-refractivity contribution in [3.05, 3.63) is 60.2 Å². The normalized spacial score (nSPS) is 11.8. The second kappa shape index (κ2) is 8.81. The molecule has 0 fully saturated rings. The van der Waals surface area contributed by atoms with Crippen LogP contribution >= 0.6 is 0 Å². The van der Waals surface area contributed by atoms with Crippen molar-refractivity contribution in [2.75, 3.05) is 0 Å². The molecule has 1 radical (unpaired) electrons. The summed E-state index contributed by atoms with van der Waals surface area (Å²) in [5.74, 6) is 0. The van der Waals surface area contributed by atoms with E-state index in [1.54, 1.807) is 62.6 Å². The zero-order valence-corrected chi connectivity index (χ0v) is 15.3. The Bertz CT molecular complexity index is 808. The summed E-state index contributed by atoms with van der Waals surface area (Å²) >= 11 is 2.23. The van der Waals surface area contributed by atoms with Crippen LogP contribution in [0.2, 0.25) is 0 Å². The van der Waals surface area contributed by atoms with Gasteiger partial charge in [0.15, 0.2) is 0 Å². The van der Waals surface area contributed by atoms with Crippen molar-refractivity contribution >= 4 is 38.3 Å². The third-order valence-electron chi connectivity index (χ3n) is 3.01. The molecule has 2 aromatic heterocycles. The fourth-order valence-corrected chi connectivity index (χ4v) is 2.02. The molecule has 8 nitrogen and oxygen atoms in total. The molecule has 0 unspecified atom stereocenters. The van der Waals surface area contributed by atoms with Crippen molar-refractivity contribution < 1.29 is 9.59 Å². The standard InChI is InChI=1S/C16H15N6O2Se/c1-11(13-7-3-5-9-17-13)19-20-15(23)22(16(24)25)21-12(2)14-8-4-6-10-18-14/h3-10H,1-2H3,(H,20,23). The first-order valence-corrected chi connectivity index (χ1v) is 8.08. The number of imide groups is 1. The molecule has 0 atom stereocenters. The van der Waals surface area contributed by atoms with Crippen LogP contribution in [-0.4, -0.2) is 53.2 Å². The molecule has 2 rings (SSSR count). The van der Waals surface area contributed by atoms with Gasteiger partial charge in [-0.3, -0.25) is 0 Å². The fraction of sp³-hybridized carbons (Fsp3) is 0.125. The molecule has 9 heteroatoms. The van der Waals surface area contributed by atoms with Crippen LogP contribution in [0.4, 0.5) is 9.59 Å². The van der Waals surface area contributed by atoms with Crippen LogP contribution in [0.25, 0.3) is 0 Å². The number of nitrogens with zero attached hydrogens (tertiary/aromatic N) is 5. The van der Waals surface area contributed by atoms with Crippen molar-refractivity contribution in [2.24, 2.45) is 10.2 Å². The Morgan fingerprint density at radius 2 is 1.56 bits per heavy atom. The van der Waals surface area contributed by atoms with Crippen LogP contribution in [0.5, 0.6) is 0 Å². The first kappa shape index (κ1) is 18.4. The summed E-state index contributed by atoms with van der Waals surface area (Å²) in [5, 5.41) is 8.60. The van der Waals surface area contributed by atoms with Crippen molar-refractivity contribution in [1.82, 2.24) is 20.4 Å². The van der Waals surface area contributed by atoms with Gasteiger partial charge in [-0.15, -0.1) is 0 Å². The Labute approximate surface area is 152 Å². The first-order chi connectivity index (χ1) is 12.0. The van der Waals surface area contributed by atoms with Crippen LogP contribution in [0.15, 0.2) is 59.0 Å². The van der Waals surface area contributed by atoms with Gasteiger partial charge in [-0.2, -0.15) is 0 Å². The number of aromatic nitrogens is 2. The topological polar surface area (TPSA) is 99.9 Å². The predicted molar refractivity (Wildman–Crippen MR) is 94.4 cm³/mol. The number of hydrogen-bond donors (Lipinski definition) is 1. The van der Waals surface area contributed by atoms with E-state index in [1.807, 2.05) is 0 Å². The molecule has 0 spiro atoms. The minimum absolute atomic E-state index is 0.407. The molecule has 3 amide bonds. The molecule has 0 aliphatic rings. The molecule has 2 heterocycles. The number of pyridine rings is 2. The van der Waals surface area contributed by atoms with E-state index in [0.717, 1.165) is 0 Å². The quantitative estimate of drug-likeness (QED) is 0.480. The zero-order valence-electron chi connectivity index (χ0n) is 13.6. The van der Waals surface area contributed by atoms with Crippen LogP contribution in [0.3, 0.4) is 0 Å². The second-order valence-corrected chi connectivity index (χ2v) is 5.54. The Morgan fingerprint density at radius 1 is 1.00 bits per heavy atom. The minimum atomic E-state index is -0.797. The summed E-state index contributed by atoms with van der Waals surface area (Å²) in [6.07, 6.45) is 3.21. The number of carbonyl (C=O) groups is 2. The maximum absolute atomic E-state index is 12.2. The summed E-state index contributed by atoms with van der Waals surface area (Å²) in [6, 6.07) is 9.81. The number of hydrazone groups is 2. The fourth-order valence-electron chi connectivity index (χ4n) is 1.76. The van der Waals surface area contributed by atoms with E-state index in [1.165, 1.54) is 0 Å².